The average molecular weight is 260 g/mol. The van der Waals surface area contributed by atoms with Crippen LogP contribution in [0.25, 0.3) is 6.08 Å². The first-order valence-electron chi connectivity index (χ1n) is 6.63. The lowest BCUT2D eigenvalue weighted by molar-refractivity contribution is -0.133. The zero-order valence-corrected chi connectivity index (χ0v) is 11.2. The predicted molar refractivity (Wildman–Crippen MR) is 76.5 cm³/mol. The summed E-state index contributed by atoms with van der Waals surface area (Å²) in [6, 6.07) is 7.44. The lowest BCUT2D eigenvalue weighted by Crippen LogP contribution is -2.44. The van der Waals surface area contributed by atoms with E-state index in [0.717, 1.165) is 17.7 Å². The quantitative estimate of drug-likeness (QED) is 0.667. The van der Waals surface area contributed by atoms with Crippen LogP contribution >= 0.6 is 0 Å². The second-order valence-electron chi connectivity index (χ2n) is 4.69. The average Bonchev–Trinajstić information content (AvgIpc) is 2.46. The van der Waals surface area contributed by atoms with Gasteiger partial charge in [0.1, 0.15) is 0 Å². The minimum absolute atomic E-state index is 0.0403. The summed E-state index contributed by atoms with van der Waals surface area (Å²) in [5, 5.41) is 0. The molecule has 1 saturated heterocycles. The Morgan fingerprint density at radius 1 is 1.47 bits per heavy atom. The summed E-state index contributed by atoms with van der Waals surface area (Å²) >= 11 is 0. The van der Waals surface area contributed by atoms with Crippen molar-refractivity contribution in [3.8, 4) is 0 Å². The SMILES string of the molecule is CCC1CN(C(=O)/C=C/c2ccc(N)cc2)CCO1. The van der Waals surface area contributed by atoms with E-state index in [4.69, 9.17) is 10.5 Å². The fourth-order valence-corrected chi connectivity index (χ4v) is 2.05. The maximum atomic E-state index is 12.1. The van der Waals surface area contributed by atoms with Gasteiger partial charge < -0.3 is 15.4 Å². The number of hydrogen-bond donors (Lipinski definition) is 1. The number of carbonyl (C=O) groups is 1. The van der Waals surface area contributed by atoms with Crippen molar-refractivity contribution >= 4 is 17.7 Å². The van der Waals surface area contributed by atoms with Gasteiger partial charge in [-0.15, -0.1) is 0 Å². The molecule has 0 aromatic heterocycles. The van der Waals surface area contributed by atoms with E-state index in [1.54, 1.807) is 6.08 Å². The van der Waals surface area contributed by atoms with Crippen LogP contribution in [0.1, 0.15) is 18.9 Å². The van der Waals surface area contributed by atoms with Gasteiger partial charge >= 0.3 is 0 Å². The van der Waals surface area contributed by atoms with Crippen molar-refractivity contribution in [2.45, 2.75) is 19.4 Å². The van der Waals surface area contributed by atoms with Gasteiger partial charge in [0.2, 0.25) is 5.91 Å². The molecule has 1 unspecified atom stereocenters. The molecule has 0 spiro atoms. The molecular weight excluding hydrogens is 240 g/mol. The third-order valence-electron chi connectivity index (χ3n) is 3.26. The molecular formula is C15H20N2O2. The summed E-state index contributed by atoms with van der Waals surface area (Å²) in [5.74, 6) is 0.0403. The van der Waals surface area contributed by atoms with Crippen molar-refractivity contribution in [3.63, 3.8) is 0 Å². The van der Waals surface area contributed by atoms with E-state index in [2.05, 4.69) is 6.92 Å². The second-order valence-corrected chi connectivity index (χ2v) is 4.69. The first-order chi connectivity index (χ1) is 9.19. The topological polar surface area (TPSA) is 55.6 Å². The Bertz CT molecular complexity index is 454. The summed E-state index contributed by atoms with van der Waals surface area (Å²) in [4.78, 5) is 13.9. The van der Waals surface area contributed by atoms with Crippen LogP contribution in [0.3, 0.4) is 0 Å². The van der Waals surface area contributed by atoms with Crippen LogP contribution in [0.2, 0.25) is 0 Å². The van der Waals surface area contributed by atoms with Crippen LogP contribution in [0.4, 0.5) is 5.69 Å². The Labute approximate surface area is 113 Å². The van der Waals surface area contributed by atoms with Gasteiger partial charge in [0, 0.05) is 24.9 Å². The molecule has 1 aromatic carbocycles. The highest BCUT2D eigenvalue weighted by Crippen LogP contribution is 2.10. The number of morpholine rings is 1. The molecule has 4 heteroatoms. The number of hydrogen-bond acceptors (Lipinski definition) is 3. The van der Waals surface area contributed by atoms with Crippen LogP contribution in [0, 0.1) is 0 Å². The van der Waals surface area contributed by atoms with Crippen LogP contribution in [0.5, 0.6) is 0 Å². The van der Waals surface area contributed by atoms with Gasteiger partial charge in [0.15, 0.2) is 0 Å². The molecule has 1 fully saturated rings. The molecule has 2 rings (SSSR count). The Hall–Kier alpha value is -1.81. The summed E-state index contributed by atoms with van der Waals surface area (Å²) in [6.07, 6.45) is 4.54. The zero-order chi connectivity index (χ0) is 13.7. The van der Waals surface area contributed by atoms with E-state index >= 15 is 0 Å². The van der Waals surface area contributed by atoms with Gasteiger partial charge in [-0.25, -0.2) is 0 Å². The van der Waals surface area contributed by atoms with Crippen molar-refractivity contribution in [3.05, 3.63) is 35.9 Å². The molecule has 19 heavy (non-hydrogen) atoms. The summed E-state index contributed by atoms with van der Waals surface area (Å²) in [6.45, 7) is 4.05. The van der Waals surface area contributed by atoms with E-state index in [1.807, 2.05) is 35.2 Å². The van der Waals surface area contributed by atoms with Crippen molar-refractivity contribution in [1.29, 1.82) is 0 Å². The van der Waals surface area contributed by atoms with Crippen molar-refractivity contribution in [2.24, 2.45) is 0 Å². The lowest BCUT2D eigenvalue weighted by atomic mass is 10.2. The summed E-state index contributed by atoms with van der Waals surface area (Å²) in [7, 11) is 0. The van der Waals surface area contributed by atoms with Crippen molar-refractivity contribution < 1.29 is 9.53 Å². The normalized spacial score (nSPS) is 19.8. The molecule has 0 aliphatic carbocycles. The molecule has 1 atom stereocenters. The van der Waals surface area contributed by atoms with Gasteiger partial charge in [-0.2, -0.15) is 0 Å². The van der Waals surface area contributed by atoms with Gasteiger partial charge in [-0.1, -0.05) is 19.1 Å². The molecule has 1 aliphatic heterocycles. The Kier molecular flexibility index (Phi) is 4.58. The van der Waals surface area contributed by atoms with Crippen LogP contribution in [0.15, 0.2) is 30.3 Å². The van der Waals surface area contributed by atoms with Gasteiger partial charge in [0.05, 0.1) is 12.7 Å². The van der Waals surface area contributed by atoms with E-state index in [0.29, 0.717) is 19.7 Å². The highest BCUT2D eigenvalue weighted by molar-refractivity contribution is 5.91. The number of nitrogen functional groups attached to an aromatic ring is 1. The maximum Gasteiger partial charge on any atom is 0.246 e. The number of benzene rings is 1. The van der Waals surface area contributed by atoms with Gasteiger partial charge in [-0.05, 0) is 30.2 Å². The Balaban J connectivity index is 1.94. The standard InChI is InChI=1S/C15H20N2O2/c1-2-14-11-17(9-10-19-14)15(18)8-5-12-3-6-13(16)7-4-12/h3-8,14H,2,9-11,16H2,1H3/b8-5+. The molecule has 1 heterocycles. The monoisotopic (exact) mass is 260 g/mol. The molecule has 4 nitrogen and oxygen atoms in total. The van der Waals surface area contributed by atoms with Gasteiger partial charge in [-0.3, -0.25) is 4.79 Å². The molecule has 1 aromatic rings. The smallest absolute Gasteiger partial charge is 0.246 e. The number of amides is 1. The number of anilines is 1. The largest absolute Gasteiger partial charge is 0.399 e. The minimum atomic E-state index is 0.0403. The van der Waals surface area contributed by atoms with E-state index in [1.165, 1.54) is 0 Å². The fourth-order valence-electron chi connectivity index (χ4n) is 2.05. The number of carbonyl (C=O) groups excluding carboxylic acids is 1. The van der Waals surface area contributed by atoms with Crippen molar-refractivity contribution in [2.75, 3.05) is 25.4 Å². The zero-order valence-electron chi connectivity index (χ0n) is 11.2. The molecule has 0 saturated carbocycles. The highest BCUT2D eigenvalue weighted by atomic mass is 16.5. The van der Waals surface area contributed by atoms with Crippen LogP contribution < -0.4 is 5.73 Å². The van der Waals surface area contributed by atoms with Crippen LogP contribution in [-0.2, 0) is 9.53 Å². The Morgan fingerprint density at radius 3 is 2.89 bits per heavy atom. The third kappa shape index (κ3) is 3.83. The molecule has 1 amide bonds. The van der Waals surface area contributed by atoms with E-state index in [-0.39, 0.29) is 12.0 Å². The first kappa shape index (κ1) is 13.6. The molecule has 102 valence electrons. The first-order valence-corrected chi connectivity index (χ1v) is 6.63. The fraction of sp³-hybridized carbons (Fsp3) is 0.400. The third-order valence-corrected chi connectivity index (χ3v) is 3.26. The predicted octanol–water partition coefficient (Wildman–Crippen LogP) is 1.92. The van der Waals surface area contributed by atoms with E-state index < -0.39 is 0 Å². The Morgan fingerprint density at radius 2 is 2.21 bits per heavy atom. The summed E-state index contributed by atoms with van der Waals surface area (Å²) in [5.41, 5.74) is 7.32. The van der Waals surface area contributed by atoms with Crippen LogP contribution in [-0.4, -0.2) is 36.6 Å². The minimum Gasteiger partial charge on any atom is -0.399 e. The number of ether oxygens (including phenoxy) is 1. The molecule has 2 N–H and O–H groups in total. The number of rotatable bonds is 3. The van der Waals surface area contributed by atoms with Crippen molar-refractivity contribution in [1.82, 2.24) is 4.90 Å². The number of nitrogens with zero attached hydrogens (tertiary/aromatic N) is 1. The molecule has 0 radical (unpaired) electrons. The number of nitrogens with two attached hydrogens (primary N) is 1. The maximum absolute atomic E-state index is 12.1. The lowest BCUT2D eigenvalue weighted by Gasteiger charge is -2.31. The molecule has 0 bridgehead atoms. The van der Waals surface area contributed by atoms with Gasteiger partial charge in [0.25, 0.3) is 0 Å². The molecule has 1 aliphatic rings. The summed E-state index contributed by atoms with van der Waals surface area (Å²) < 4.78 is 5.55. The highest BCUT2D eigenvalue weighted by Gasteiger charge is 2.21. The second kappa shape index (κ2) is 6.38. The van der Waals surface area contributed by atoms with E-state index in [9.17, 15) is 4.79 Å².